The first-order chi connectivity index (χ1) is 14.2. The number of anilines is 2. The zero-order chi connectivity index (χ0) is 20.2. The Morgan fingerprint density at radius 1 is 1.10 bits per heavy atom. The number of carbonyl (C=O) groups is 1. The number of ether oxygens (including phenoxy) is 3. The van der Waals surface area contributed by atoms with Gasteiger partial charge in [0.2, 0.25) is 5.91 Å². The summed E-state index contributed by atoms with van der Waals surface area (Å²) in [6, 6.07) is 11.8. The van der Waals surface area contributed by atoms with Crippen LogP contribution in [0, 0.1) is 12.8 Å². The number of nitrogens with one attached hydrogen (secondary N) is 1. The van der Waals surface area contributed by atoms with Crippen LogP contribution in [0.5, 0.6) is 17.2 Å². The third-order valence-electron chi connectivity index (χ3n) is 5.73. The quantitative estimate of drug-likeness (QED) is 0.786. The maximum Gasteiger partial charge on any atom is 0.227 e. The van der Waals surface area contributed by atoms with Gasteiger partial charge in [0.1, 0.15) is 17.2 Å². The first-order valence-electron chi connectivity index (χ1n) is 10.2. The second kappa shape index (κ2) is 8.74. The summed E-state index contributed by atoms with van der Waals surface area (Å²) >= 11 is 0. The molecule has 0 aromatic heterocycles. The predicted molar refractivity (Wildman–Crippen MR) is 113 cm³/mol. The van der Waals surface area contributed by atoms with Crippen molar-refractivity contribution in [3.8, 4) is 17.2 Å². The van der Waals surface area contributed by atoms with E-state index in [1.807, 2.05) is 31.2 Å². The Morgan fingerprint density at radius 2 is 1.83 bits per heavy atom. The smallest absolute Gasteiger partial charge is 0.227 e. The summed E-state index contributed by atoms with van der Waals surface area (Å²) in [4.78, 5) is 14.6. The number of morpholine rings is 1. The van der Waals surface area contributed by atoms with E-state index in [4.69, 9.17) is 14.2 Å². The SMILES string of the molecule is COc1c(NC(=O)C2CCC2)ccc(Oc2ccc(N3CCOCC3)cc2)c1C. The van der Waals surface area contributed by atoms with Gasteiger partial charge in [-0.2, -0.15) is 0 Å². The van der Waals surface area contributed by atoms with Crippen molar-refractivity contribution in [2.75, 3.05) is 43.6 Å². The normalized spacial score (nSPS) is 16.8. The van der Waals surface area contributed by atoms with Crippen LogP contribution in [0.25, 0.3) is 0 Å². The molecule has 6 nitrogen and oxygen atoms in total. The molecule has 1 N–H and O–H groups in total. The molecular formula is C23H28N2O4. The molecular weight excluding hydrogens is 368 g/mol. The van der Waals surface area contributed by atoms with Crippen LogP contribution in [-0.4, -0.2) is 39.3 Å². The number of benzene rings is 2. The van der Waals surface area contributed by atoms with Crippen molar-refractivity contribution in [2.24, 2.45) is 5.92 Å². The topological polar surface area (TPSA) is 60.0 Å². The van der Waals surface area contributed by atoms with Gasteiger partial charge in [0, 0.05) is 30.3 Å². The van der Waals surface area contributed by atoms with E-state index in [0.29, 0.717) is 17.2 Å². The third-order valence-corrected chi connectivity index (χ3v) is 5.73. The van der Waals surface area contributed by atoms with Gasteiger partial charge >= 0.3 is 0 Å². The fourth-order valence-electron chi connectivity index (χ4n) is 3.72. The maximum absolute atomic E-state index is 12.3. The molecule has 0 atom stereocenters. The van der Waals surface area contributed by atoms with Crippen LogP contribution in [0.2, 0.25) is 0 Å². The van der Waals surface area contributed by atoms with Crippen LogP contribution in [0.3, 0.4) is 0 Å². The molecule has 2 aromatic carbocycles. The number of amides is 1. The van der Waals surface area contributed by atoms with Gasteiger partial charge < -0.3 is 24.4 Å². The minimum Gasteiger partial charge on any atom is -0.494 e. The summed E-state index contributed by atoms with van der Waals surface area (Å²) in [5, 5.41) is 3.00. The van der Waals surface area contributed by atoms with Gasteiger partial charge in [0.25, 0.3) is 0 Å². The summed E-state index contributed by atoms with van der Waals surface area (Å²) in [5.41, 5.74) is 2.72. The Kier molecular flexibility index (Phi) is 5.90. The van der Waals surface area contributed by atoms with Crippen LogP contribution in [0.4, 0.5) is 11.4 Å². The van der Waals surface area contributed by atoms with Crippen LogP contribution in [0.1, 0.15) is 24.8 Å². The van der Waals surface area contributed by atoms with E-state index in [0.717, 1.165) is 56.9 Å². The molecule has 4 rings (SSSR count). The van der Waals surface area contributed by atoms with Crippen molar-refractivity contribution in [3.05, 3.63) is 42.0 Å². The molecule has 2 aromatic rings. The van der Waals surface area contributed by atoms with Crippen molar-refractivity contribution < 1.29 is 19.0 Å². The molecule has 2 aliphatic rings. The summed E-state index contributed by atoms with van der Waals surface area (Å²) in [7, 11) is 1.61. The van der Waals surface area contributed by atoms with Crippen molar-refractivity contribution in [3.63, 3.8) is 0 Å². The Bertz CT molecular complexity index is 856. The first kappa shape index (κ1) is 19.6. The molecule has 1 saturated heterocycles. The van der Waals surface area contributed by atoms with E-state index in [2.05, 4.69) is 22.3 Å². The van der Waals surface area contributed by atoms with Crippen molar-refractivity contribution in [2.45, 2.75) is 26.2 Å². The standard InChI is InChI=1S/C23H28N2O4/c1-16-21(11-10-20(22(16)27-2)24-23(26)17-4-3-5-17)29-19-8-6-18(7-9-19)25-12-14-28-15-13-25/h6-11,17H,3-5,12-15H2,1-2H3,(H,24,26). The lowest BCUT2D eigenvalue weighted by Crippen LogP contribution is -2.36. The van der Waals surface area contributed by atoms with Crippen molar-refractivity contribution in [1.82, 2.24) is 0 Å². The van der Waals surface area contributed by atoms with E-state index in [1.165, 1.54) is 5.69 Å². The summed E-state index contributed by atoms with van der Waals surface area (Å²) in [6.07, 6.45) is 3.06. The molecule has 6 heteroatoms. The summed E-state index contributed by atoms with van der Waals surface area (Å²) in [5.74, 6) is 2.31. The van der Waals surface area contributed by atoms with E-state index in [9.17, 15) is 4.79 Å². The highest BCUT2D eigenvalue weighted by atomic mass is 16.5. The average Bonchev–Trinajstić information content (AvgIpc) is 2.70. The van der Waals surface area contributed by atoms with Crippen LogP contribution >= 0.6 is 0 Å². The van der Waals surface area contributed by atoms with Gasteiger partial charge in [-0.25, -0.2) is 0 Å². The maximum atomic E-state index is 12.3. The Morgan fingerprint density at radius 3 is 2.45 bits per heavy atom. The van der Waals surface area contributed by atoms with Crippen molar-refractivity contribution in [1.29, 1.82) is 0 Å². The van der Waals surface area contributed by atoms with Gasteiger partial charge in [0.15, 0.2) is 0 Å². The summed E-state index contributed by atoms with van der Waals surface area (Å²) < 4.78 is 17.1. The molecule has 0 unspecified atom stereocenters. The number of hydrogen-bond acceptors (Lipinski definition) is 5. The lowest BCUT2D eigenvalue weighted by atomic mass is 9.85. The molecule has 1 heterocycles. The molecule has 154 valence electrons. The summed E-state index contributed by atoms with van der Waals surface area (Å²) in [6.45, 7) is 5.28. The van der Waals surface area contributed by atoms with E-state index in [-0.39, 0.29) is 11.8 Å². The number of rotatable bonds is 6. The molecule has 0 bridgehead atoms. The monoisotopic (exact) mass is 396 g/mol. The zero-order valence-corrected chi connectivity index (χ0v) is 17.1. The molecule has 0 radical (unpaired) electrons. The Balaban J connectivity index is 1.47. The average molecular weight is 396 g/mol. The van der Waals surface area contributed by atoms with Crippen LogP contribution in [0.15, 0.2) is 36.4 Å². The molecule has 2 fully saturated rings. The third kappa shape index (κ3) is 4.32. The minimum atomic E-state index is 0.0707. The highest BCUT2D eigenvalue weighted by Crippen LogP contribution is 2.38. The minimum absolute atomic E-state index is 0.0707. The molecule has 0 spiro atoms. The van der Waals surface area contributed by atoms with E-state index in [1.54, 1.807) is 7.11 Å². The first-order valence-corrected chi connectivity index (χ1v) is 10.2. The molecule has 29 heavy (non-hydrogen) atoms. The molecule has 1 saturated carbocycles. The highest BCUT2D eigenvalue weighted by Gasteiger charge is 2.26. The lowest BCUT2D eigenvalue weighted by Gasteiger charge is -2.28. The fourth-order valence-corrected chi connectivity index (χ4v) is 3.72. The largest absolute Gasteiger partial charge is 0.494 e. The number of carbonyl (C=O) groups excluding carboxylic acids is 1. The molecule has 1 aliphatic heterocycles. The van der Waals surface area contributed by atoms with Crippen LogP contribution in [-0.2, 0) is 9.53 Å². The van der Waals surface area contributed by atoms with Crippen LogP contribution < -0.4 is 19.7 Å². The number of hydrogen-bond donors (Lipinski definition) is 1. The fraction of sp³-hybridized carbons (Fsp3) is 0.435. The second-order valence-corrected chi connectivity index (χ2v) is 7.58. The number of methoxy groups -OCH3 is 1. The Hall–Kier alpha value is -2.73. The number of nitrogens with zero attached hydrogens (tertiary/aromatic N) is 1. The van der Waals surface area contributed by atoms with E-state index < -0.39 is 0 Å². The molecule has 1 amide bonds. The van der Waals surface area contributed by atoms with Gasteiger partial charge in [-0.3, -0.25) is 4.79 Å². The van der Waals surface area contributed by atoms with Gasteiger partial charge in [0.05, 0.1) is 26.0 Å². The predicted octanol–water partition coefficient (Wildman–Crippen LogP) is 4.37. The molecule has 1 aliphatic carbocycles. The van der Waals surface area contributed by atoms with Gasteiger partial charge in [-0.1, -0.05) is 6.42 Å². The van der Waals surface area contributed by atoms with Crippen molar-refractivity contribution >= 4 is 17.3 Å². The highest BCUT2D eigenvalue weighted by molar-refractivity contribution is 5.94. The van der Waals surface area contributed by atoms with E-state index >= 15 is 0 Å². The van der Waals surface area contributed by atoms with Gasteiger partial charge in [-0.05, 0) is 56.2 Å². The lowest BCUT2D eigenvalue weighted by molar-refractivity contribution is -0.122. The zero-order valence-electron chi connectivity index (χ0n) is 17.1. The Labute approximate surface area is 171 Å². The second-order valence-electron chi connectivity index (χ2n) is 7.58. The van der Waals surface area contributed by atoms with Gasteiger partial charge in [-0.15, -0.1) is 0 Å².